The van der Waals surface area contributed by atoms with Gasteiger partial charge in [0.25, 0.3) is 0 Å². The molecule has 0 atom stereocenters. The van der Waals surface area contributed by atoms with E-state index in [1.165, 1.54) is 0 Å². The van der Waals surface area contributed by atoms with Crippen molar-refractivity contribution < 1.29 is 4.42 Å². The zero-order chi connectivity index (χ0) is 15.4. The topological polar surface area (TPSA) is 63.2 Å². The lowest BCUT2D eigenvalue weighted by atomic mass is 10.2. The molecule has 0 N–H and O–H groups in total. The van der Waals surface area contributed by atoms with E-state index in [0.717, 1.165) is 57.4 Å². The fraction of sp³-hybridized carbons (Fsp3) is 0.667. The first-order chi connectivity index (χ1) is 10.7. The highest BCUT2D eigenvalue weighted by atomic mass is 16.3. The molecule has 7 heteroatoms. The van der Waals surface area contributed by atoms with E-state index in [2.05, 4.69) is 38.7 Å². The van der Waals surface area contributed by atoms with E-state index in [-0.39, 0.29) is 0 Å². The maximum absolute atomic E-state index is 5.50. The quantitative estimate of drug-likeness (QED) is 0.799. The van der Waals surface area contributed by atoms with Gasteiger partial charge in [0, 0.05) is 45.2 Å². The van der Waals surface area contributed by atoms with Crippen LogP contribution in [0.3, 0.4) is 0 Å². The molecule has 120 valence electrons. The minimum Gasteiger partial charge on any atom is -0.448 e. The summed E-state index contributed by atoms with van der Waals surface area (Å²) in [5.41, 5.74) is 1.04. The summed E-state index contributed by atoms with van der Waals surface area (Å²) in [5, 5.41) is 4.14. The highest BCUT2D eigenvalue weighted by molar-refractivity contribution is 4.99. The molecule has 22 heavy (non-hydrogen) atoms. The van der Waals surface area contributed by atoms with E-state index >= 15 is 0 Å². The normalized spacial score (nSPS) is 17.4. The van der Waals surface area contributed by atoms with Gasteiger partial charge in [-0.1, -0.05) is 13.8 Å². The Morgan fingerprint density at radius 1 is 1.14 bits per heavy atom. The van der Waals surface area contributed by atoms with E-state index < -0.39 is 0 Å². The van der Waals surface area contributed by atoms with Gasteiger partial charge < -0.3 is 4.42 Å². The van der Waals surface area contributed by atoms with Crippen molar-refractivity contribution in [3.63, 3.8) is 0 Å². The second-order valence-corrected chi connectivity index (χ2v) is 6.11. The van der Waals surface area contributed by atoms with Crippen LogP contribution in [-0.2, 0) is 13.1 Å². The van der Waals surface area contributed by atoms with Crippen molar-refractivity contribution in [2.24, 2.45) is 0 Å². The van der Waals surface area contributed by atoms with Crippen LogP contribution in [0.15, 0.2) is 23.3 Å². The number of rotatable bonds is 6. The fourth-order valence-electron chi connectivity index (χ4n) is 2.65. The number of nitrogens with zero attached hydrogens (tertiary/aromatic N) is 6. The number of hydrogen-bond acceptors (Lipinski definition) is 6. The van der Waals surface area contributed by atoms with E-state index in [1.807, 2.05) is 4.68 Å². The van der Waals surface area contributed by atoms with E-state index in [9.17, 15) is 0 Å². The first-order valence-electron chi connectivity index (χ1n) is 7.92. The molecule has 2 aromatic rings. The second kappa shape index (κ2) is 7.02. The van der Waals surface area contributed by atoms with Crippen LogP contribution in [0.2, 0.25) is 0 Å². The zero-order valence-corrected chi connectivity index (χ0v) is 13.4. The monoisotopic (exact) mass is 304 g/mol. The molecular formula is C15H24N6O. The summed E-state index contributed by atoms with van der Waals surface area (Å²) in [6.07, 6.45) is 5.15. The van der Waals surface area contributed by atoms with Crippen LogP contribution in [0.4, 0.5) is 0 Å². The zero-order valence-electron chi connectivity index (χ0n) is 13.4. The lowest BCUT2D eigenvalue weighted by Gasteiger charge is -2.34. The largest absolute Gasteiger partial charge is 0.448 e. The molecule has 0 saturated carbocycles. The van der Waals surface area contributed by atoms with Crippen LogP contribution in [0.25, 0.3) is 0 Å². The molecule has 1 saturated heterocycles. The molecular weight excluding hydrogens is 280 g/mol. The third-order valence-corrected chi connectivity index (χ3v) is 4.03. The molecule has 1 aliphatic rings. The third-order valence-electron chi connectivity index (χ3n) is 4.03. The fourth-order valence-corrected chi connectivity index (χ4v) is 2.65. The van der Waals surface area contributed by atoms with Gasteiger partial charge in [-0.2, -0.15) is 5.10 Å². The number of hydrogen-bond donors (Lipinski definition) is 0. The summed E-state index contributed by atoms with van der Waals surface area (Å²) in [5.74, 6) is 1.18. The van der Waals surface area contributed by atoms with Crippen LogP contribution in [-0.4, -0.2) is 62.3 Å². The van der Waals surface area contributed by atoms with Gasteiger partial charge in [-0.25, -0.2) is 9.97 Å². The van der Waals surface area contributed by atoms with E-state index in [4.69, 9.17) is 4.42 Å². The van der Waals surface area contributed by atoms with Crippen LogP contribution in [0, 0.1) is 0 Å². The van der Waals surface area contributed by atoms with Crippen LogP contribution in [0.5, 0.6) is 0 Å². The summed E-state index contributed by atoms with van der Waals surface area (Å²) < 4.78 is 7.39. The number of oxazole rings is 1. The molecule has 0 aromatic carbocycles. The molecule has 2 aromatic heterocycles. The minimum atomic E-state index is 0.349. The SMILES string of the molecule is CC(C)c1nc(CN2CCN(CCn3cncn3)CC2)co1. The highest BCUT2D eigenvalue weighted by Gasteiger charge is 2.18. The van der Waals surface area contributed by atoms with Crippen molar-refractivity contribution in [1.82, 2.24) is 29.5 Å². The summed E-state index contributed by atoms with van der Waals surface area (Å²) in [6, 6.07) is 0. The Morgan fingerprint density at radius 3 is 2.55 bits per heavy atom. The molecule has 0 unspecified atom stereocenters. The standard InChI is InChI=1S/C15H24N6O/c1-13(2)15-18-14(10-22-15)9-20-5-3-19(4-6-20)7-8-21-12-16-11-17-21/h10-13H,3-9H2,1-2H3. The van der Waals surface area contributed by atoms with Crippen molar-refractivity contribution >= 4 is 0 Å². The minimum absolute atomic E-state index is 0.349. The summed E-state index contributed by atoms with van der Waals surface area (Å²) in [6.45, 7) is 11.3. The summed E-state index contributed by atoms with van der Waals surface area (Å²) in [4.78, 5) is 13.4. The molecule has 3 rings (SSSR count). The van der Waals surface area contributed by atoms with Gasteiger partial charge >= 0.3 is 0 Å². The van der Waals surface area contributed by atoms with Crippen molar-refractivity contribution in [3.8, 4) is 0 Å². The van der Waals surface area contributed by atoms with Crippen molar-refractivity contribution in [3.05, 3.63) is 30.5 Å². The summed E-state index contributed by atoms with van der Waals surface area (Å²) in [7, 11) is 0. The molecule has 0 spiro atoms. The molecule has 0 aliphatic carbocycles. The van der Waals surface area contributed by atoms with Gasteiger partial charge in [0.05, 0.1) is 12.2 Å². The average Bonchev–Trinajstić information content (AvgIpc) is 3.18. The number of aromatic nitrogens is 4. The maximum Gasteiger partial charge on any atom is 0.196 e. The Morgan fingerprint density at radius 2 is 1.91 bits per heavy atom. The predicted octanol–water partition coefficient (Wildman–Crippen LogP) is 1.21. The van der Waals surface area contributed by atoms with Crippen LogP contribution in [0.1, 0.15) is 31.4 Å². The lowest BCUT2D eigenvalue weighted by molar-refractivity contribution is 0.122. The Labute approximate surface area is 130 Å². The molecule has 1 fully saturated rings. The Hall–Kier alpha value is -1.73. The Kier molecular flexibility index (Phi) is 4.84. The van der Waals surface area contributed by atoms with E-state index in [1.54, 1.807) is 18.9 Å². The van der Waals surface area contributed by atoms with Gasteiger partial charge in [-0.15, -0.1) is 0 Å². The molecule has 0 bridgehead atoms. The van der Waals surface area contributed by atoms with Gasteiger partial charge in [0.2, 0.25) is 0 Å². The first kappa shape index (κ1) is 15.2. The highest BCUT2D eigenvalue weighted by Crippen LogP contribution is 2.15. The third kappa shape index (κ3) is 3.92. The maximum atomic E-state index is 5.50. The van der Waals surface area contributed by atoms with Gasteiger partial charge in [-0.3, -0.25) is 14.5 Å². The molecule has 7 nitrogen and oxygen atoms in total. The van der Waals surface area contributed by atoms with Crippen LogP contribution < -0.4 is 0 Å². The first-order valence-corrected chi connectivity index (χ1v) is 7.92. The van der Waals surface area contributed by atoms with Gasteiger partial charge in [-0.05, 0) is 0 Å². The van der Waals surface area contributed by atoms with Gasteiger partial charge in [0.15, 0.2) is 5.89 Å². The number of piperazine rings is 1. The lowest BCUT2D eigenvalue weighted by Crippen LogP contribution is -2.46. The molecule has 0 amide bonds. The van der Waals surface area contributed by atoms with Gasteiger partial charge in [0.1, 0.15) is 18.9 Å². The molecule has 0 radical (unpaired) electrons. The summed E-state index contributed by atoms with van der Waals surface area (Å²) >= 11 is 0. The van der Waals surface area contributed by atoms with Crippen molar-refractivity contribution in [2.45, 2.75) is 32.9 Å². The molecule has 3 heterocycles. The average molecular weight is 304 g/mol. The second-order valence-electron chi connectivity index (χ2n) is 6.11. The van der Waals surface area contributed by atoms with Crippen LogP contribution >= 0.6 is 0 Å². The smallest absolute Gasteiger partial charge is 0.196 e. The Balaban J connectivity index is 1.41. The Bertz CT molecular complexity index is 556. The predicted molar refractivity (Wildman–Crippen MR) is 82.3 cm³/mol. The molecule has 1 aliphatic heterocycles. The van der Waals surface area contributed by atoms with Crippen molar-refractivity contribution in [1.29, 1.82) is 0 Å². The van der Waals surface area contributed by atoms with Crippen molar-refractivity contribution in [2.75, 3.05) is 32.7 Å². The van der Waals surface area contributed by atoms with E-state index in [0.29, 0.717) is 5.92 Å².